The maximum Gasteiger partial charge on any atom is 0.408 e. The molecule has 0 saturated heterocycles. The van der Waals surface area contributed by atoms with Gasteiger partial charge in [0.05, 0.1) is 7.11 Å². The van der Waals surface area contributed by atoms with E-state index in [2.05, 4.69) is 5.32 Å². The first-order chi connectivity index (χ1) is 14.1. The van der Waals surface area contributed by atoms with Gasteiger partial charge in [-0.05, 0) is 48.3 Å². The Morgan fingerprint density at radius 2 is 1.83 bits per heavy atom. The first kappa shape index (κ1) is 20.9. The van der Waals surface area contributed by atoms with Crippen molar-refractivity contribution in [3.8, 4) is 0 Å². The molecule has 1 aliphatic rings. The molecule has 154 valence electrons. The van der Waals surface area contributed by atoms with E-state index in [4.69, 9.17) is 14.6 Å². The zero-order valence-corrected chi connectivity index (χ0v) is 16.6. The molecule has 0 aromatic heterocycles. The summed E-state index contributed by atoms with van der Waals surface area (Å²) in [5.74, 6) is -0.319. The molecule has 1 aliphatic carbocycles. The van der Waals surface area contributed by atoms with Gasteiger partial charge < -0.3 is 19.9 Å². The van der Waals surface area contributed by atoms with Crippen molar-refractivity contribution in [1.29, 1.82) is 0 Å². The maximum absolute atomic E-state index is 12.5. The number of amides is 1. The van der Waals surface area contributed by atoms with Crippen molar-refractivity contribution in [2.75, 3.05) is 13.7 Å². The highest BCUT2D eigenvalue weighted by Gasteiger charge is 2.48. The molecule has 1 saturated carbocycles. The number of nitrogens with one attached hydrogen (secondary N) is 1. The van der Waals surface area contributed by atoms with Gasteiger partial charge in [-0.3, -0.25) is 0 Å². The van der Waals surface area contributed by atoms with Gasteiger partial charge in [0.25, 0.3) is 0 Å². The standard InChI is InChI=1S/C23H27NO5/c1-28-21(26)23(24-22(27)29-16-18-5-3-2-4-6-18)13-11-20(15-23)19-9-7-17(8-10-19)12-14-25/h2-10,20,25H,11-16H2,1H3,(H,24,27). The van der Waals surface area contributed by atoms with E-state index >= 15 is 0 Å². The predicted molar refractivity (Wildman–Crippen MR) is 108 cm³/mol. The van der Waals surface area contributed by atoms with Crippen molar-refractivity contribution in [1.82, 2.24) is 5.32 Å². The summed E-state index contributed by atoms with van der Waals surface area (Å²) in [5, 5.41) is 11.8. The van der Waals surface area contributed by atoms with Crippen LogP contribution in [0.4, 0.5) is 4.79 Å². The van der Waals surface area contributed by atoms with E-state index in [-0.39, 0.29) is 19.1 Å². The zero-order chi connectivity index (χ0) is 20.7. The molecule has 1 fully saturated rings. The summed E-state index contributed by atoms with van der Waals surface area (Å²) in [6, 6.07) is 17.4. The SMILES string of the molecule is COC(=O)C1(NC(=O)OCc2ccccc2)CCC(c2ccc(CCO)cc2)C1. The Labute approximate surface area is 170 Å². The number of carbonyl (C=O) groups is 2. The summed E-state index contributed by atoms with van der Waals surface area (Å²) in [7, 11) is 1.33. The summed E-state index contributed by atoms with van der Waals surface area (Å²) in [6.07, 6.45) is 1.69. The highest BCUT2D eigenvalue weighted by Crippen LogP contribution is 2.41. The van der Waals surface area contributed by atoms with Crippen LogP contribution in [-0.4, -0.2) is 36.4 Å². The van der Waals surface area contributed by atoms with Crippen LogP contribution in [0.3, 0.4) is 0 Å². The number of alkyl carbamates (subject to hydrolysis) is 1. The number of benzene rings is 2. The predicted octanol–water partition coefficient (Wildman–Crippen LogP) is 3.33. The average Bonchev–Trinajstić information content (AvgIpc) is 3.18. The van der Waals surface area contributed by atoms with Gasteiger partial charge in [-0.2, -0.15) is 0 Å². The molecule has 2 aromatic rings. The van der Waals surface area contributed by atoms with Gasteiger partial charge in [-0.25, -0.2) is 9.59 Å². The molecular formula is C23H27NO5. The van der Waals surface area contributed by atoms with Crippen molar-refractivity contribution in [2.24, 2.45) is 0 Å². The average molecular weight is 397 g/mol. The van der Waals surface area contributed by atoms with Gasteiger partial charge in [0.1, 0.15) is 12.1 Å². The van der Waals surface area contributed by atoms with E-state index in [0.29, 0.717) is 19.3 Å². The highest BCUT2D eigenvalue weighted by atomic mass is 16.6. The Bertz CT molecular complexity index is 821. The van der Waals surface area contributed by atoms with Gasteiger partial charge >= 0.3 is 12.1 Å². The van der Waals surface area contributed by atoms with E-state index in [1.54, 1.807) is 0 Å². The molecule has 29 heavy (non-hydrogen) atoms. The molecule has 0 spiro atoms. The molecule has 6 nitrogen and oxygen atoms in total. The fourth-order valence-electron chi connectivity index (χ4n) is 3.92. The number of hydrogen-bond donors (Lipinski definition) is 2. The second-order valence-corrected chi connectivity index (χ2v) is 7.42. The molecule has 0 heterocycles. The molecule has 0 aliphatic heterocycles. The molecule has 2 atom stereocenters. The summed E-state index contributed by atoms with van der Waals surface area (Å²) >= 11 is 0. The number of carbonyl (C=O) groups excluding carboxylic acids is 2. The molecular weight excluding hydrogens is 370 g/mol. The van der Waals surface area contributed by atoms with Crippen LogP contribution in [0.25, 0.3) is 0 Å². The van der Waals surface area contributed by atoms with Gasteiger partial charge in [-0.1, -0.05) is 54.6 Å². The van der Waals surface area contributed by atoms with E-state index < -0.39 is 17.6 Å². The molecule has 1 amide bonds. The molecule has 0 bridgehead atoms. The zero-order valence-electron chi connectivity index (χ0n) is 16.6. The van der Waals surface area contributed by atoms with Crippen molar-refractivity contribution in [2.45, 2.75) is 43.7 Å². The third-order valence-corrected chi connectivity index (χ3v) is 5.50. The monoisotopic (exact) mass is 397 g/mol. The number of hydrogen-bond acceptors (Lipinski definition) is 5. The van der Waals surface area contributed by atoms with Gasteiger partial charge in [-0.15, -0.1) is 0 Å². The number of aliphatic hydroxyl groups excluding tert-OH is 1. The minimum absolute atomic E-state index is 0.114. The second-order valence-electron chi connectivity index (χ2n) is 7.42. The van der Waals surface area contributed by atoms with Crippen molar-refractivity contribution < 1.29 is 24.2 Å². The molecule has 2 aromatic carbocycles. The quantitative estimate of drug-likeness (QED) is 0.700. The summed E-state index contributed by atoms with van der Waals surface area (Å²) < 4.78 is 10.3. The Hall–Kier alpha value is -2.86. The number of methoxy groups -OCH3 is 1. The molecule has 2 unspecified atom stereocenters. The maximum atomic E-state index is 12.5. The van der Waals surface area contributed by atoms with Crippen LogP contribution in [0.2, 0.25) is 0 Å². The molecule has 0 radical (unpaired) electrons. The molecule has 3 rings (SSSR count). The van der Waals surface area contributed by atoms with Crippen LogP contribution in [0.15, 0.2) is 54.6 Å². The van der Waals surface area contributed by atoms with Crippen molar-refractivity contribution in [3.05, 3.63) is 71.3 Å². The number of rotatable bonds is 7. The lowest BCUT2D eigenvalue weighted by molar-refractivity contribution is -0.148. The van der Waals surface area contributed by atoms with Crippen molar-refractivity contribution in [3.63, 3.8) is 0 Å². The minimum Gasteiger partial charge on any atom is -0.467 e. The Morgan fingerprint density at radius 1 is 1.10 bits per heavy atom. The van der Waals surface area contributed by atoms with Crippen LogP contribution in [-0.2, 0) is 27.3 Å². The van der Waals surface area contributed by atoms with Gasteiger partial charge in [0.2, 0.25) is 0 Å². The van der Waals surface area contributed by atoms with Crippen LogP contribution < -0.4 is 5.32 Å². The largest absolute Gasteiger partial charge is 0.467 e. The second kappa shape index (κ2) is 9.56. The minimum atomic E-state index is -1.09. The van der Waals surface area contributed by atoms with Crippen LogP contribution in [0.1, 0.15) is 41.9 Å². The fourth-order valence-corrected chi connectivity index (χ4v) is 3.92. The summed E-state index contributed by atoms with van der Waals surface area (Å²) in [5.41, 5.74) is 1.96. The lowest BCUT2D eigenvalue weighted by atomic mass is 9.92. The normalized spacial score (nSPS) is 20.8. The van der Waals surface area contributed by atoms with E-state index in [1.807, 2.05) is 54.6 Å². The molecule has 6 heteroatoms. The van der Waals surface area contributed by atoms with Crippen molar-refractivity contribution >= 4 is 12.1 Å². The summed E-state index contributed by atoms with van der Waals surface area (Å²) in [4.78, 5) is 24.9. The summed E-state index contributed by atoms with van der Waals surface area (Å²) in [6.45, 7) is 0.253. The number of aliphatic hydroxyl groups is 1. The lowest BCUT2D eigenvalue weighted by Crippen LogP contribution is -2.53. The van der Waals surface area contributed by atoms with Gasteiger partial charge in [0.15, 0.2) is 0 Å². The van der Waals surface area contributed by atoms with Crippen LogP contribution in [0, 0.1) is 0 Å². The van der Waals surface area contributed by atoms with Crippen LogP contribution >= 0.6 is 0 Å². The number of ether oxygens (including phenoxy) is 2. The first-order valence-corrected chi connectivity index (χ1v) is 9.83. The lowest BCUT2D eigenvalue weighted by Gasteiger charge is -2.27. The Kier molecular flexibility index (Phi) is 6.88. The van der Waals surface area contributed by atoms with E-state index in [1.165, 1.54) is 7.11 Å². The van der Waals surface area contributed by atoms with Gasteiger partial charge in [0, 0.05) is 6.61 Å². The smallest absolute Gasteiger partial charge is 0.408 e. The fraction of sp³-hybridized carbons (Fsp3) is 0.391. The van der Waals surface area contributed by atoms with E-state index in [9.17, 15) is 9.59 Å². The van der Waals surface area contributed by atoms with E-state index in [0.717, 1.165) is 23.1 Å². The third kappa shape index (κ3) is 5.15. The highest BCUT2D eigenvalue weighted by molar-refractivity contribution is 5.86. The topological polar surface area (TPSA) is 84.9 Å². The number of esters is 1. The Balaban J connectivity index is 1.66. The van der Waals surface area contributed by atoms with Crippen LogP contribution in [0.5, 0.6) is 0 Å². The Morgan fingerprint density at radius 3 is 2.48 bits per heavy atom. The molecule has 2 N–H and O–H groups in total. The third-order valence-electron chi connectivity index (χ3n) is 5.50. The first-order valence-electron chi connectivity index (χ1n) is 9.83.